The molecule has 1 amide bonds. The summed E-state index contributed by atoms with van der Waals surface area (Å²) in [4.78, 5) is 23.4. The number of halogens is 3. The van der Waals surface area contributed by atoms with E-state index < -0.39 is 24.3 Å². The van der Waals surface area contributed by atoms with E-state index in [0.29, 0.717) is 23.8 Å². The van der Waals surface area contributed by atoms with Gasteiger partial charge >= 0.3 is 5.97 Å². The number of amides is 1. The molecule has 1 N–H and O–H groups in total. The Bertz CT molecular complexity index is 829. The molecule has 0 aliphatic rings. The van der Waals surface area contributed by atoms with Crippen LogP contribution < -0.4 is 10.1 Å². The highest BCUT2D eigenvalue weighted by atomic mass is 35.5. The lowest BCUT2D eigenvalue weighted by atomic mass is 10.2. The zero-order valence-electron chi connectivity index (χ0n) is 14.6. The Morgan fingerprint density at radius 2 is 1.93 bits per heavy atom. The van der Waals surface area contributed by atoms with E-state index in [1.54, 1.807) is 18.2 Å². The van der Waals surface area contributed by atoms with Crippen LogP contribution in [0.15, 0.2) is 36.4 Å². The molecular formula is C19H18Cl2FNO4. The largest absolute Gasteiger partial charge is 0.494 e. The second-order valence-corrected chi connectivity index (χ2v) is 6.54. The van der Waals surface area contributed by atoms with Gasteiger partial charge in [-0.2, -0.15) is 0 Å². The van der Waals surface area contributed by atoms with Crippen molar-refractivity contribution in [3.8, 4) is 5.75 Å². The van der Waals surface area contributed by atoms with Gasteiger partial charge in [-0.05, 0) is 55.3 Å². The van der Waals surface area contributed by atoms with Gasteiger partial charge in [0.25, 0.3) is 5.91 Å². The summed E-state index contributed by atoms with van der Waals surface area (Å²) < 4.78 is 23.9. The predicted molar refractivity (Wildman–Crippen MR) is 102 cm³/mol. The lowest BCUT2D eigenvalue weighted by Gasteiger charge is -2.09. The minimum Gasteiger partial charge on any atom is -0.494 e. The highest BCUT2D eigenvalue weighted by Gasteiger charge is 2.11. The molecule has 27 heavy (non-hydrogen) atoms. The topological polar surface area (TPSA) is 64.6 Å². The Labute approximate surface area is 166 Å². The standard InChI is InChI=1S/C19H18Cl2FNO4/c1-12-9-14(5-6-15(12)21)26-8-2-3-19(25)27-11-18(24)23-17-10-13(20)4-7-16(17)22/h4-7,9-10H,2-3,8,11H2,1H3,(H,23,24). The highest BCUT2D eigenvalue weighted by molar-refractivity contribution is 6.31. The van der Waals surface area contributed by atoms with Gasteiger partial charge < -0.3 is 14.8 Å². The first-order valence-electron chi connectivity index (χ1n) is 8.14. The average Bonchev–Trinajstić information content (AvgIpc) is 2.63. The number of ether oxygens (including phenoxy) is 2. The van der Waals surface area contributed by atoms with Crippen LogP contribution in [0, 0.1) is 12.7 Å². The molecule has 2 aromatic rings. The van der Waals surface area contributed by atoms with Crippen molar-refractivity contribution in [1.82, 2.24) is 0 Å². The second-order valence-electron chi connectivity index (χ2n) is 5.70. The monoisotopic (exact) mass is 413 g/mol. The van der Waals surface area contributed by atoms with E-state index in [4.69, 9.17) is 32.7 Å². The molecule has 0 aromatic heterocycles. The van der Waals surface area contributed by atoms with Gasteiger partial charge in [0.05, 0.1) is 12.3 Å². The van der Waals surface area contributed by atoms with Crippen LogP contribution in [0.5, 0.6) is 5.75 Å². The molecule has 0 aliphatic heterocycles. The number of carbonyl (C=O) groups is 2. The van der Waals surface area contributed by atoms with Gasteiger partial charge in [-0.1, -0.05) is 23.2 Å². The Morgan fingerprint density at radius 3 is 2.67 bits per heavy atom. The summed E-state index contributed by atoms with van der Waals surface area (Å²) in [6.07, 6.45) is 0.510. The minimum atomic E-state index is -0.655. The van der Waals surface area contributed by atoms with Crippen LogP contribution in [0.3, 0.4) is 0 Å². The van der Waals surface area contributed by atoms with E-state index in [1.807, 2.05) is 6.92 Å². The van der Waals surface area contributed by atoms with Gasteiger partial charge in [-0.15, -0.1) is 0 Å². The molecule has 0 atom stereocenters. The first-order valence-corrected chi connectivity index (χ1v) is 8.90. The fourth-order valence-corrected chi connectivity index (χ4v) is 2.40. The maximum Gasteiger partial charge on any atom is 0.306 e. The molecule has 0 fully saturated rings. The second kappa shape index (κ2) is 10.1. The van der Waals surface area contributed by atoms with Crippen molar-refractivity contribution >= 4 is 40.8 Å². The third-order valence-corrected chi connectivity index (χ3v) is 4.15. The van der Waals surface area contributed by atoms with Crippen LogP contribution in [-0.2, 0) is 14.3 Å². The quantitative estimate of drug-likeness (QED) is 0.499. The molecule has 0 bridgehead atoms. The van der Waals surface area contributed by atoms with Crippen molar-refractivity contribution in [1.29, 1.82) is 0 Å². The van der Waals surface area contributed by atoms with E-state index in [1.165, 1.54) is 12.1 Å². The fraction of sp³-hybridized carbons (Fsp3) is 0.263. The van der Waals surface area contributed by atoms with Gasteiger partial charge in [0.15, 0.2) is 6.61 Å². The lowest BCUT2D eigenvalue weighted by Crippen LogP contribution is -2.21. The molecule has 2 aromatic carbocycles. The molecule has 0 spiro atoms. The summed E-state index contributed by atoms with van der Waals surface area (Å²) in [6, 6.07) is 9.05. The van der Waals surface area contributed by atoms with Gasteiger partial charge in [0.1, 0.15) is 11.6 Å². The van der Waals surface area contributed by atoms with E-state index in [-0.39, 0.29) is 17.1 Å². The normalized spacial score (nSPS) is 10.4. The van der Waals surface area contributed by atoms with Crippen molar-refractivity contribution in [2.45, 2.75) is 19.8 Å². The summed E-state index contributed by atoms with van der Waals surface area (Å²) in [5, 5.41) is 3.23. The third-order valence-electron chi connectivity index (χ3n) is 3.49. The molecule has 144 valence electrons. The van der Waals surface area contributed by atoms with Crippen LogP contribution in [-0.4, -0.2) is 25.1 Å². The Hall–Kier alpha value is -2.31. The first-order chi connectivity index (χ1) is 12.8. The number of aryl methyl sites for hydroxylation is 1. The molecule has 0 unspecified atom stereocenters. The van der Waals surface area contributed by atoms with Crippen molar-refractivity contribution in [3.63, 3.8) is 0 Å². The maximum absolute atomic E-state index is 13.5. The summed E-state index contributed by atoms with van der Waals surface area (Å²) >= 11 is 11.7. The molecule has 0 radical (unpaired) electrons. The molecule has 0 heterocycles. The number of carbonyl (C=O) groups excluding carboxylic acids is 2. The summed E-state index contributed by atoms with van der Waals surface area (Å²) in [6.45, 7) is 1.67. The minimum absolute atomic E-state index is 0.0739. The average molecular weight is 414 g/mol. The van der Waals surface area contributed by atoms with E-state index in [2.05, 4.69) is 5.32 Å². The lowest BCUT2D eigenvalue weighted by molar-refractivity contribution is -0.147. The van der Waals surface area contributed by atoms with Crippen molar-refractivity contribution < 1.29 is 23.5 Å². The number of esters is 1. The van der Waals surface area contributed by atoms with Crippen molar-refractivity contribution in [2.24, 2.45) is 0 Å². The van der Waals surface area contributed by atoms with Crippen LogP contribution >= 0.6 is 23.2 Å². The van der Waals surface area contributed by atoms with Crippen molar-refractivity contribution in [3.05, 3.63) is 57.8 Å². The molecule has 0 saturated carbocycles. The summed E-state index contributed by atoms with van der Waals surface area (Å²) in [5.41, 5.74) is 0.825. The molecular weight excluding hydrogens is 396 g/mol. The fourth-order valence-electron chi connectivity index (χ4n) is 2.11. The number of hydrogen-bond acceptors (Lipinski definition) is 4. The van der Waals surface area contributed by atoms with Gasteiger partial charge in [-0.3, -0.25) is 9.59 Å². The molecule has 5 nitrogen and oxygen atoms in total. The van der Waals surface area contributed by atoms with Gasteiger partial charge in [0, 0.05) is 16.5 Å². The van der Waals surface area contributed by atoms with E-state index >= 15 is 0 Å². The Morgan fingerprint density at radius 1 is 1.15 bits per heavy atom. The number of benzene rings is 2. The summed E-state index contributed by atoms with van der Waals surface area (Å²) in [7, 11) is 0. The third kappa shape index (κ3) is 7.07. The van der Waals surface area contributed by atoms with Crippen molar-refractivity contribution in [2.75, 3.05) is 18.5 Å². The zero-order chi connectivity index (χ0) is 19.8. The number of nitrogens with one attached hydrogen (secondary N) is 1. The Kier molecular flexibility index (Phi) is 7.88. The smallest absolute Gasteiger partial charge is 0.306 e. The van der Waals surface area contributed by atoms with Crippen LogP contribution in [0.25, 0.3) is 0 Å². The van der Waals surface area contributed by atoms with E-state index in [0.717, 1.165) is 11.6 Å². The Balaban J connectivity index is 1.66. The molecule has 2 rings (SSSR count). The molecule has 0 aliphatic carbocycles. The molecule has 0 saturated heterocycles. The highest BCUT2D eigenvalue weighted by Crippen LogP contribution is 2.21. The first kappa shape index (κ1) is 21.0. The molecule has 8 heteroatoms. The number of hydrogen-bond donors (Lipinski definition) is 1. The SMILES string of the molecule is Cc1cc(OCCCC(=O)OCC(=O)Nc2cc(Cl)ccc2F)ccc1Cl. The van der Waals surface area contributed by atoms with Crippen LogP contribution in [0.2, 0.25) is 10.0 Å². The van der Waals surface area contributed by atoms with Crippen LogP contribution in [0.1, 0.15) is 18.4 Å². The van der Waals surface area contributed by atoms with Crippen LogP contribution in [0.4, 0.5) is 10.1 Å². The maximum atomic E-state index is 13.5. The predicted octanol–water partition coefficient (Wildman–Crippen LogP) is 4.78. The zero-order valence-corrected chi connectivity index (χ0v) is 16.1. The van der Waals surface area contributed by atoms with Gasteiger partial charge in [-0.25, -0.2) is 4.39 Å². The number of anilines is 1. The van der Waals surface area contributed by atoms with E-state index in [9.17, 15) is 14.0 Å². The summed E-state index contributed by atoms with van der Waals surface area (Å²) in [5.74, 6) is -1.17. The van der Waals surface area contributed by atoms with Gasteiger partial charge in [0.2, 0.25) is 0 Å². The number of rotatable bonds is 8.